The van der Waals surface area contributed by atoms with Gasteiger partial charge in [-0.15, -0.1) is 0 Å². The van der Waals surface area contributed by atoms with Crippen molar-refractivity contribution < 1.29 is 9.84 Å². The molecule has 106 valence electrons. The summed E-state index contributed by atoms with van der Waals surface area (Å²) in [7, 11) is 1.66. The van der Waals surface area contributed by atoms with Gasteiger partial charge in [0.25, 0.3) is 0 Å². The van der Waals surface area contributed by atoms with Gasteiger partial charge in [0.2, 0.25) is 0 Å². The molecule has 1 aliphatic heterocycles. The number of ether oxygens (including phenoxy) is 1. The number of nitrogens with two attached hydrogens (primary N) is 1. The van der Waals surface area contributed by atoms with Crippen LogP contribution in [0, 0.1) is 0 Å². The summed E-state index contributed by atoms with van der Waals surface area (Å²) in [6, 6.07) is 8.18. The molecule has 3 atom stereocenters. The fourth-order valence-corrected chi connectivity index (χ4v) is 2.87. The summed E-state index contributed by atoms with van der Waals surface area (Å²) in [6.07, 6.45) is 0.798. The predicted octanol–water partition coefficient (Wildman–Crippen LogP) is 1.54. The molecule has 0 radical (unpaired) electrons. The number of hydrogen-bond donors (Lipinski definition) is 2. The van der Waals surface area contributed by atoms with E-state index in [2.05, 4.69) is 17.0 Å². The maximum absolute atomic E-state index is 10.1. The molecule has 3 unspecified atom stereocenters. The molecule has 0 amide bonds. The Bertz CT molecular complexity index is 415. The third-order valence-electron chi connectivity index (χ3n) is 3.83. The van der Waals surface area contributed by atoms with Crippen molar-refractivity contribution in [3.8, 4) is 5.75 Å². The Labute approximate surface area is 115 Å². The number of nitrogens with zero attached hydrogens (tertiary/aromatic N) is 1. The Morgan fingerprint density at radius 1 is 1.37 bits per heavy atom. The number of aliphatic hydroxyl groups is 1. The van der Waals surface area contributed by atoms with E-state index in [1.165, 1.54) is 5.56 Å². The van der Waals surface area contributed by atoms with Gasteiger partial charge >= 0.3 is 0 Å². The molecule has 2 rings (SSSR count). The van der Waals surface area contributed by atoms with E-state index < -0.39 is 5.60 Å². The average Bonchev–Trinajstić information content (AvgIpc) is 2.70. The number of β-amino-alcohol motifs (C(OH)–C–C–N with tert-alkyl or cyclic N) is 1. The average molecular weight is 264 g/mol. The van der Waals surface area contributed by atoms with Gasteiger partial charge in [-0.3, -0.25) is 4.90 Å². The number of methoxy groups -OCH3 is 1. The minimum absolute atomic E-state index is 0.0160. The van der Waals surface area contributed by atoms with Crippen molar-refractivity contribution in [2.24, 2.45) is 5.73 Å². The van der Waals surface area contributed by atoms with Crippen molar-refractivity contribution >= 4 is 0 Å². The summed E-state index contributed by atoms with van der Waals surface area (Å²) in [6.45, 7) is 5.46. The van der Waals surface area contributed by atoms with E-state index in [4.69, 9.17) is 10.5 Å². The normalized spacial score (nSPS) is 27.2. The molecule has 1 saturated heterocycles. The van der Waals surface area contributed by atoms with Gasteiger partial charge in [0.1, 0.15) is 5.75 Å². The molecule has 4 heteroatoms. The van der Waals surface area contributed by atoms with E-state index in [9.17, 15) is 5.11 Å². The van der Waals surface area contributed by atoms with E-state index in [0.717, 1.165) is 18.7 Å². The number of hydrogen-bond acceptors (Lipinski definition) is 4. The lowest BCUT2D eigenvalue weighted by atomic mass is 9.99. The molecule has 0 bridgehead atoms. The fraction of sp³-hybridized carbons (Fsp3) is 0.600. The number of rotatable bonds is 4. The molecule has 0 spiro atoms. The van der Waals surface area contributed by atoms with Crippen LogP contribution in [0.4, 0.5) is 0 Å². The maximum atomic E-state index is 10.1. The molecule has 4 nitrogen and oxygen atoms in total. The maximum Gasteiger partial charge on any atom is 0.118 e. The molecular formula is C15H24N2O2. The van der Waals surface area contributed by atoms with Crippen LogP contribution in [-0.4, -0.2) is 41.8 Å². The van der Waals surface area contributed by atoms with Crippen LogP contribution < -0.4 is 10.5 Å². The van der Waals surface area contributed by atoms with E-state index in [1.54, 1.807) is 7.11 Å². The van der Waals surface area contributed by atoms with Crippen molar-refractivity contribution in [1.29, 1.82) is 0 Å². The highest BCUT2D eigenvalue weighted by atomic mass is 16.5. The van der Waals surface area contributed by atoms with E-state index >= 15 is 0 Å². The lowest BCUT2D eigenvalue weighted by molar-refractivity contribution is 0.0601. The first-order chi connectivity index (χ1) is 8.93. The Hall–Kier alpha value is -1.10. The van der Waals surface area contributed by atoms with Crippen molar-refractivity contribution in [2.45, 2.75) is 38.0 Å². The van der Waals surface area contributed by atoms with Crippen LogP contribution >= 0.6 is 0 Å². The summed E-state index contributed by atoms with van der Waals surface area (Å²) in [4.78, 5) is 2.27. The first kappa shape index (κ1) is 14.3. The van der Waals surface area contributed by atoms with Gasteiger partial charge in [0, 0.05) is 25.2 Å². The van der Waals surface area contributed by atoms with Crippen LogP contribution in [0.1, 0.15) is 31.9 Å². The summed E-state index contributed by atoms with van der Waals surface area (Å²) < 4.78 is 5.18. The molecule has 1 heterocycles. The molecule has 0 saturated carbocycles. The lowest BCUT2D eigenvalue weighted by Gasteiger charge is -2.32. The van der Waals surface area contributed by atoms with Crippen molar-refractivity contribution in [3.63, 3.8) is 0 Å². The molecule has 1 aliphatic rings. The summed E-state index contributed by atoms with van der Waals surface area (Å²) in [5.41, 5.74) is 6.73. The molecule has 1 fully saturated rings. The summed E-state index contributed by atoms with van der Waals surface area (Å²) >= 11 is 0. The summed E-state index contributed by atoms with van der Waals surface area (Å²) in [5.74, 6) is 0.848. The van der Waals surface area contributed by atoms with Gasteiger partial charge in [0.05, 0.1) is 12.7 Å². The highest BCUT2D eigenvalue weighted by Crippen LogP contribution is 2.32. The zero-order valence-corrected chi connectivity index (χ0v) is 12.0. The molecule has 19 heavy (non-hydrogen) atoms. The third-order valence-corrected chi connectivity index (χ3v) is 3.83. The molecule has 3 N–H and O–H groups in total. The highest BCUT2D eigenvalue weighted by Gasteiger charge is 2.36. The van der Waals surface area contributed by atoms with Crippen LogP contribution in [0.15, 0.2) is 24.3 Å². The number of benzene rings is 1. The van der Waals surface area contributed by atoms with Crippen LogP contribution in [0.25, 0.3) is 0 Å². The zero-order chi connectivity index (χ0) is 14.0. The standard InChI is InChI=1S/C15H24N2O2/c1-11(16)14(17-9-8-15(2,18)10-17)12-4-6-13(19-3)7-5-12/h4-7,11,14,18H,8-10,16H2,1-3H3. The van der Waals surface area contributed by atoms with Gasteiger partial charge < -0.3 is 15.6 Å². The van der Waals surface area contributed by atoms with Crippen LogP contribution in [0.3, 0.4) is 0 Å². The predicted molar refractivity (Wildman–Crippen MR) is 76.2 cm³/mol. The van der Waals surface area contributed by atoms with Crippen LogP contribution in [-0.2, 0) is 0 Å². The van der Waals surface area contributed by atoms with Crippen molar-refractivity contribution in [2.75, 3.05) is 20.2 Å². The topological polar surface area (TPSA) is 58.7 Å². The van der Waals surface area contributed by atoms with Gasteiger partial charge in [-0.2, -0.15) is 0 Å². The molecular weight excluding hydrogens is 240 g/mol. The van der Waals surface area contributed by atoms with Crippen LogP contribution in [0.2, 0.25) is 0 Å². The van der Waals surface area contributed by atoms with Crippen LogP contribution in [0.5, 0.6) is 5.75 Å². The van der Waals surface area contributed by atoms with Gasteiger partial charge in [-0.25, -0.2) is 0 Å². The largest absolute Gasteiger partial charge is 0.497 e. The van der Waals surface area contributed by atoms with Crippen molar-refractivity contribution in [1.82, 2.24) is 4.90 Å². The second-order valence-electron chi connectivity index (χ2n) is 5.79. The second kappa shape index (κ2) is 5.49. The fourth-order valence-electron chi connectivity index (χ4n) is 2.87. The van der Waals surface area contributed by atoms with Gasteiger partial charge in [-0.1, -0.05) is 12.1 Å². The Morgan fingerprint density at radius 2 is 2.00 bits per heavy atom. The Kier molecular flexibility index (Phi) is 4.13. The monoisotopic (exact) mass is 264 g/mol. The quantitative estimate of drug-likeness (QED) is 0.866. The number of likely N-dealkylation sites (tertiary alicyclic amines) is 1. The zero-order valence-electron chi connectivity index (χ0n) is 12.0. The van der Waals surface area contributed by atoms with Crippen molar-refractivity contribution in [3.05, 3.63) is 29.8 Å². The summed E-state index contributed by atoms with van der Waals surface area (Å²) in [5, 5.41) is 10.1. The Balaban J connectivity index is 2.20. The van der Waals surface area contributed by atoms with Gasteiger partial charge in [0.15, 0.2) is 0 Å². The molecule has 1 aromatic carbocycles. The second-order valence-corrected chi connectivity index (χ2v) is 5.79. The molecule has 0 aliphatic carbocycles. The highest BCUT2D eigenvalue weighted by molar-refractivity contribution is 5.30. The van der Waals surface area contributed by atoms with E-state index in [0.29, 0.717) is 6.54 Å². The first-order valence-electron chi connectivity index (χ1n) is 6.79. The first-order valence-corrected chi connectivity index (χ1v) is 6.79. The smallest absolute Gasteiger partial charge is 0.118 e. The minimum Gasteiger partial charge on any atom is -0.497 e. The SMILES string of the molecule is COc1ccc(C(C(C)N)N2CCC(C)(O)C2)cc1. The van der Waals surface area contributed by atoms with E-state index in [1.807, 2.05) is 26.0 Å². The molecule has 1 aromatic rings. The lowest BCUT2D eigenvalue weighted by Crippen LogP contribution is -2.40. The molecule has 0 aromatic heterocycles. The van der Waals surface area contributed by atoms with Gasteiger partial charge in [-0.05, 0) is 38.0 Å². The third kappa shape index (κ3) is 3.26. The van der Waals surface area contributed by atoms with E-state index in [-0.39, 0.29) is 12.1 Å². The Morgan fingerprint density at radius 3 is 2.42 bits per heavy atom. The minimum atomic E-state index is -0.598.